The summed E-state index contributed by atoms with van der Waals surface area (Å²) in [6.07, 6.45) is 6.23. The second-order valence-electron chi connectivity index (χ2n) is 13.9. The average molecular weight is 684 g/mol. The molecule has 0 saturated heterocycles. The quantitative estimate of drug-likeness (QED) is 0.183. The first-order valence-corrected chi connectivity index (χ1v) is 18.4. The Bertz CT molecular complexity index is 2650. The van der Waals surface area contributed by atoms with Crippen molar-refractivity contribution in [1.82, 2.24) is 10.6 Å². The van der Waals surface area contributed by atoms with Gasteiger partial charge in [-0.2, -0.15) is 0 Å². The molecule has 4 heteroatoms. The molecule has 1 aromatic heterocycles. The first-order chi connectivity index (χ1) is 26.2. The predicted molar refractivity (Wildman–Crippen MR) is 219 cm³/mol. The minimum atomic E-state index is -0.258. The normalized spacial score (nSPS) is 16.6. The molecule has 0 bridgehead atoms. The van der Waals surface area contributed by atoms with Gasteiger partial charge in [0.25, 0.3) is 0 Å². The standard InChI is InChI=1S/C49H37N3O/c1-3-10-32(11-4-1)35-18-23-37(24-19-35)47-50-48(38-25-20-36(21-26-38)33-12-5-2-6-13-33)52-49(51-47)41-28-29-44-43(31-41)46-42(16-9-17-45(46)53-44)40-27-22-34-14-7-8-15-39(34)30-40/h1-7,9-14,16-31,47-48,50H,8,15H2,(H,51,52). The van der Waals surface area contributed by atoms with Crippen LogP contribution in [0.4, 0.5) is 0 Å². The Morgan fingerprint density at radius 2 is 1.21 bits per heavy atom. The fourth-order valence-corrected chi connectivity index (χ4v) is 7.85. The zero-order valence-electron chi connectivity index (χ0n) is 29.2. The van der Waals surface area contributed by atoms with Gasteiger partial charge < -0.3 is 9.73 Å². The van der Waals surface area contributed by atoms with Crippen molar-refractivity contribution in [2.75, 3.05) is 0 Å². The summed E-state index contributed by atoms with van der Waals surface area (Å²) in [6, 6.07) is 58.3. The van der Waals surface area contributed by atoms with Gasteiger partial charge in [-0.25, -0.2) is 4.99 Å². The van der Waals surface area contributed by atoms with E-state index in [1.165, 1.54) is 44.5 Å². The lowest BCUT2D eigenvalue weighted by Gasteiger charge is -2.32. The van der Waals surface area contributed by atoms with Crippen LogP contribution in [0.25, 0.3) is 61.4 Å². The minimum absolute atomic E-state index is 0.164. The van der Waals surface area contributed by atoms with Crippen LogP contribution in [0.15, 0.2) is 179 Å². The molecule has 10 rings (SSSR count). The number of furan rings is 1. The lowest BCUT2D eigenvalue weighted by molar-refractivity contribution is 0.409. The van der Waals surface area contributed by atoms with Gasteiger partial charge in [-0.1, -0.05) is 152 Å². The Balaban J connectivity index is 1.05. The Morgan fingerprint density at radius 3 is 1.94 bits per heavy atom. The van der Waals surface area contributed by atoms with Crippen molar-refractivity contribution < 1.29 is 4.42 Å². The van der Waals surface area contributed by atoms with E-state index in [2.05, 4.69) is 187 Å². The molecule has 0 saturated carbocycles. The monoisotopic (exact) mass is 683 g/mol. The number of aryl methyl sites for hydroxylation is 1. The van der Waals surface area contributed by atoms with E-state index in [1.807, 2.05) is 0 Å². The second-order valence-corrected chi connectivity index (χ2v) is 13.9. The highest BCUT2D eigenvalue weighted by atomic mass is 16.3. The number of nitrogens with zero attached hydrogens (tertiary/aromatic N) is 1. The van der Waals surface area contributed by atoms with Crippen LogP contribution >= 0.6 is 0 Å². The molecule has 254 valence electrons. The van der Waals surface area contributed by atoms with E-state index in [1.54, 1.807) is 0 Å². The van der Waals surface area contributed by atoms with Crippen molar-refractivity contribution in [3.8, 4) is 33.4 Å². The largest absolute Gasteiger partial charge is 0.456 e. The number of fused-ring (bicyclic) bond motifs is 4. The maximum Gasteiger partial charge on any atom is 0.136 e. The maximum absolute atomic E-state index is 6.46. The molecule has 53 heavy (non-hydrogen) atoms. The first kappa shape index (κ1) is 31.3. The summed E-state index contributed by atoms with van der Waals surface area (Å²) in [7, 11) is 0. The molecule has 0 radical (unpaired) electrons. The predicted octanol–water partition coefficient (Wildman–Crippen LogP) is 11.9. The lowest BCUT2D eigenvalue weighted by atomic mass is 9.91. The number of aliphatic imine (C=N–C) groups is 1. The molecule has 1 aliphatic heterocycles. The van der Waals surface area contributed by atoms with Gasteiger partial charge >= 0.3 is 0 Å². The summed E-state index contributed by atoms with van der Waals surface area (Å²) in [5.41, 5.74) is 14.9. The van der Waals surface area contributed by atoms with E-state index in [-0.39, 0.29) is 12.3 Å². The summed E-state index contributed by atoms with van der Waals surface area (Å²) >= 11 is 0. The van der Waals surface area contributed by atoms with Gasteiger partial charge in [-0.05, 0) is 92.7 Å². The first-order valence-electron chi connectivity index (χ1n) is 18.4. The van der Waals surface area contributed by atoms with Crippen molar-refractivity contribution in [2.24, 2.45) is 4.99 Å². The number of hydrogen-bond acceptors (Lipinski definition) is 4. The number of rotatable bonds is 6. The molecule has 4 nitrogen and oxygen atoms in total. The van der Waals surface area contributed by atoms with Crippen LogP contribution < -0.4 is 10.6 Å². The second kappa shape index (κ2) is 13.2. The van der Waals surface area contributed by atoms with E-state index in [4.69, 9.17) is 9.41 Å². The Labute approximate surface area is 309 Å². The van der Waals surface area contributed by atoms with E-state index in [9.17, 15) is 0 Å². The summed E-state index contributed by atoms with van der Waals surface area (Å²) < 4.78 is 6.46. The molecule has 2 aliphatic rings. The minimum Gasteiger partial charge on any atom is -0.456 e. The van der Waals surface area contributed by atoms with Gasteiger partial charge in [-0.15, -0.1) is 0 Å². The average Bonchev–Trinajstić information content (AvgIpc) is 3.62. The van der Waals surface area contributed by atoms with Crippen molar-refractivity contribution in [2.45, 2.75) is 25.2 Å². The molecule has 2 N–H and O–H groups in total. The van der Waals surface area contributed by atoms with Crippen LogP contribution in [0, 0.1) is 0 Å². The molecule has 0 fully saturated rings. The van der Waals surface area contributed by atoms with E-state index >= 15 is 0 Å². The topological polar surface area (TPSA) is 49.6 Å². The number of nitrogens with one attached hydrogen (secondary N) is 2. The zero-order chi connectivity index (χ0) is 35.1. The third-order valence-electron chi connectivity index (χ3n) is 10.6. The Hall–Kier alpha value is -6.49. The molecule has 8 aromatic rings. The van der Waals surface area contributed by atoms with Gasteiger partial charge in [0.1, 0.15) is 29.3 Å². The fourth-order valence-electron chi connectivity index (χ4n) is 7.85. The Morgan fingerprint density at radius 1 is 0.547 bits per heavy atom. The number of hydrogen-bond donors (Lipinski definition) is 2. The highest BCUT2D eigenvalue weighted by Gasteiger charge is 2.26. The van der Waals surface area contributed by atoms with E-state index in [0.29, 0.717) is 0 Å². The van der Waals surface area contributed by atoms with Gasteiger partial charge in [0, 0.05) is 16.3 Å². The highest BCUT2D eigenvalue weighted by molar-refractivity contribution is 6.14. The highest BCUT2D eigenvalue weighted by Crippen LogP contribution is 2.39. The number of allylic oxidation sites excluding steroid dienone is 1. The molecule has 1 aliphatic carbocycles. The van der Waals surface area contributed by atoms with Crippen LogP contribution in [0.3, 0.4) is 0 Å². The van der Waals surface area contributed by atoms with Crippen molar-refractivity contribution in [3.05, 3.63) is 198 Å². The molecule has 2 heterocycles. The molecular formula is C49H37N3O. The zero-order valence-corrected chi connectivity index (χ0v) is 29.2. The van der Waals surface area contributed by atoms with Crippen molar-refractivity contribution in [1.29, 1.82) is 0 Å². The van der Waals surface area contributed by atoms with Crippen LogP contribution in [-0.4, -0.2) is 5.84 Å². The van der Waals surface area contributed by atoms with Crippen molar-refractivity contribution >= 4 is 33.9 Å². The third kappa shape index (κ3) is 5.93. The van der Waals surface area contributed by atoms with Crippen LogP contribution in [0.1, 0.15) is 46.6 Å². The fraction of sp³-hybridized carbons (Fsp3) is 0.0816. The van der Waals surface area contributed by atoms with Gasteiger partial charge in [-0.3, -0.25) is 5.32 Å². The van der Waals surface area contributed by atoms with Gasteiger partial charge in [0.15, 0.2) is 0 Å². The molecule has 7 aromatic carbocycles. The van der Waals surface area contributed by atoms with Crippen molar-refractivity contribution in [3.63, 3.8) is 0 Å². The SMILES string of the molecule is C1=Cc2ccc(-c3cccc4oc5ccc(C6=NC(c7ccc(-c8ccccc8)cc7)NC(c7ccc(-c8ccccc8)cc7)N6)cc5c34)cc2CC1. The summed E-state index contributed by atoms with van der Waals surface area (Å²) in [5, 5.41) is 9.78. The maximum atomic E-state index is 6.46. The lowest BCUT2D eigenvalue weighted by Crippen LogP contribution is -2.44. The molecular weight excluding hydrogens is 647 g/mol. The Kier molecular flexibility index (Phi) is 7.81. The number of benzene rings is 7. The summed E-state index contributed by atoms with van der Waals surface area (Å²) in [4.78, 5) is 5.32. The summed E-state index contributed by atoms with van der Waals surface area (Å²) in [6.45, 7) is 0. The molecule has 0 spiro atoms. The van der Waals surface area contributed by atoms with E-state index in [0.717, 1.165) is 57.3 Å². The smallest absolute Gasteiger partial charge is 0.136 e. The van der Waals surface area contributed by atoms with Crippen LogP contribution in [0.2, 0.25) is 0 Å². The third-order valence-corrected chi connectivity index (χ3v) is 10.6. The number of amidine groups is 1. The summed E-state index contributed by atoms with van der Waals surface area (Å²) in [5.74, 6) is 0.840. The van der Waals surface area contributed by atoms with E-state index < -0.39 is 0 Å². The van der Waals surface area contributed by atoms with Crippen LogP contribution in [0.5, 0.6) is 0 Å². The molecule has 0 amide bonds. The van der Waals surface area contributed by atoms with Gasteiger partial charge in [0.05, 0.1) is 0 Å². The van der Waals surface area contributed by atoms with Crippen LogP contribution in [-0.2, 0) is 6.42 Å². The van der Waals surface area contributed by atoms with Gasteiger partial charge in [0.2, 0.25) is 0 Å². The molecule has 2 unspecified atom stereocenters. The molecule has 2 atom stereocenters.